The molecular formula is C16H18FN3O2. The zero-order valence-corrected chi connectivity index (χ0v) is 12.4. The highest BCUT2D eigenvalue weighted by molar-refractivity contribution is 5.78. The van der Waals surface area contributed by atoms with Crippen LogP contribution >= 0.6 is 0 Å². The monoisotopic (exact) mass is 303 g/mol. The number of aromatic amines is 1. The normalized spacial score (nSPS) is 17.7. The molecule has 0 radical (unpaired) electrons. The summed E-state index contributed by atoms with van der Waals surface area (Å²) in [4.78, 5) is 21.7. The van der Waals surface area contributed by atoms with E-state index in [0.717, 1.165) is 24.4 Å². The Bertz CT molecular complexity index is 654. The maximum atomic E-state index is 12.8. The maximum Gasteiger partial charge on any atom is 0.261 e. The van der Waals surface area contributed by atoms with Crippen molar-refractivity contribution in [2.75, 3.05) is 13.2 Å². The van der Waals surface area contributed by atoms with Crippen LogP contribution in [-0.4, -0.2) is 33.9 Å². The number of carbonyl (C=O) groups excluding carboxylic acids is 1. The van der Waals surface area contributed by atoms with Crippen LogP contribution in [0, 0.1) is 12.7 Å². The average Bonchev–Trinajstić information content (AvgIpc) is 3.14. The summed E-state index contributed by atoms with van der Waals surface area (Å²) in [6.45, 7) is 2.59. The van der Waals surface area contributed by atoms with E-state index in [2.05, 4.69) is 9.97 Å². The lowest BCUT2D eigenvalue weighted by molar-refractivity contribution is -0.134. The van der Waals surface area contributed by atoms with Crippen molar-refractivity contribution in [2.24, 2.45) is 0 Å². The number of carbonyl (C=O) groups is 1. The van der Waals surface area contributed by atoms with Gasteiger partial charge in [-0.3, -0.25) is 4.79 Å². The number of hydrogen-bond donors (Lipinski definition) is 1. The number of rotatable bonds is 4. The highest BCUT2D eigenvalue weighted by Crippen LogP contribution is 2.30. The van der Waals surface area contributed by atoms with Crippen LogP contribution in [0.5, 0.6) is 5.75 Å². The molecule has 1 atom stereocenters. The van der Waals surface area contributed by atoms with Crippen molar-refractivity contribution in [3.63, 3.8) is 0 Å². The van der Waals surface area contributed by atoms with Gasteiger partial charge >= 0.3 is 0 Å². The lowest BCUT2D eigenvalue weighted by atomic mass is 10.2. The molecule has 1 amide bonds. The van der Waals surface area contributed by atoms with E-state index >= 15 is 0 Å². The molecule has 1 aliphatic rings. The molecule has 0 bridgehead atoms. The second-order valence-corrected chi connectivity index (χ2v) is 5.44. The van der Waals surface area contributed by atoms with Crippen molar-refractivity contribution in [1.82, 2.24) is 14.9 Å². The Morgan fingerprint density at radius 1 is 1.45 bits per heavy atom. The number of nitrogens with zero attached hydrogens (tertiary/aromatic N) is 2. The lowest BCUT2D eigenvalue weighted by Crippen LogP contribution is -2.34. The van der Waals surface area contributed by atoms with Crippen LogP contribution in [0.15, 0.2) is 30.5 Å². The van der Waals surface area contributed by atoms with Crippen LogP contribution in [0.3, 0.4) is 0 Å². The zero-order chi connectivity index (χ0) is 15.5. The van der Waals surface area contributed by atoms with E-state index in [4.69, 9.17) is 4.74 Å². The highest BCUT2D eigenvalue weighted by atomic mass is 19.1. The molecule has 1 saturated heterocycles. The first kappa shape index (κ1) is 14.6. The molecule has 1 aromatic heterocycles. The number of H-pyrrole nitrogens is 1. The molecule has 1 fully saturated rings. The van der Waals surface area contributed by atoms with Crippen molar-refractivity contribution >= 4 is 5.91 Å². The topological polar surface area (TPSA) is 58.2 Å². The fraction of sp³-hybridized carbons (Fsp3) is 0.375. The summed E-state index contributed by atoms with van der Waals surface area (Å²) in [6.07, 6.45) is 3.62. The minimum absolute atomic E-state index is 0.0157. The number of nitrogens with one attached hydrogen (secondary N) is 1. The van der Waals surface area contributed by atoms with Gasteiger partial charge in [-0.1, -0.05) is 0 Å². The third kappa shape index (κ3) is 3.10. The Morgan fingerprint density at radius 2 is 2.23 bits per heavy atom. The molecule has 3 rings (SSSR count). The number of hydrogen-bond acceptors (Lipinski definition) is 3. The molecule has 5 nitrogen and oxygen atoms in total. The maximum absolute atomic E-state index is 12.8. The van der Waals surface area contributed by atoms with E-state index in [1.165, 1.54) is 24.3 Å². The van der Waals surface area contributed by atoms with E-state index in [-0.39, 0.29) is 24.4 Å². The van der Waals surface area contributed by atoms with Gasteiger partial charge in [-0.2, -0.15) is 0 Å². The van der Waals surface area contributed by atoms with Gasteiger partial charge in [0.25, 0.3) is 5.91 Å². The first-order valence-corrected chi connectivity index (χ1v) is 7.33. The third-order valence-electron chi connectivity index (χ3n) is 3.79. The molecule has 1 aromatic carbocycles. The molecule has 2 aromatic rings. The van der Waals surface area contributed by atoms with E-state index in [9.17, 15) is 9.18 Å². The summed E-state index contributed by atoms with van der Waals surface area (Å²) in [5.74, 6) is 0.900. The van der Waals surface area contributed by atoms with Gasteiger partial charge in [-0.15, -0.1) is 0 Å². The van der Waals surface area contributed by atoms with Gasteiger partial charge in [-0.05, 0) is 44.0 Å². The number of amides is 1. The molecule has 1 N–H and O–H groups in total. The summed E-state index contributed by atoms with van der Waals surface area (Å²) in [6, 6.07) is 5.63. The van der Waals surface area contributed by atoms with Crippen LogP contribution in [0.4, 0.5) is 4.39 Å². The minimum Gasteiger partial charge on any atom is -0.484 e. The molecule has 2 heterocycles. The highest BCUT2D eigenvalue weighted by Gasteiger charge is 2.31. The molecule has 1 unspecified atom stereocenters. The van der Waals surface area contributed by atoms with Crippen molar-refractivity contribution in [3.05, 3.63) is 47.8 Å². The molecule has 0 saturated carbocycles. The van der Waals surface area contributed by atoms with E-state index < -0.39 is 0 Å². The number of aromatic nitrogens is 2. The summed E-state index contributed by atoms with van der Waals surface area (Å²) in [7, 11) is 0. The van der Waals surface area contributed by atoms with Gasteiger partial charge in [0.15, 0.2) is 6.61 Å². The van der Waals surface area contributed by atoms with Gasteiger partial charge in [0, 0.05) is 18.4 Å². The number of likely N-dealkylation sites (tertiary alicyclic amines) is 1. The quantitative estimate of drug-likeness (QED) is 0.944. The molecule has 22 heavy (non-hydrogen) atoms. The van der Waals surface area contributed by atoms with Crippen LogP contribution in [0.1, 0.15) is 30.4 Å². The predicted octanol–water partition coefficient (Wildman–Crippen LogP) is 2.60. The van der Waals surface area contributed by atoms with Gasteiger partial charge in [0.05, 0.1) is 6.04 Å². The molecule has 0 aliphatic carbocycles. The van der Waals surface area contributed by atoms with Crippen LogP contribution in [0.25, 0.3) is 0 Å². The fourth-order valence-corrected chi connectivity index (χ4v) is 2.71. The molecular weight excluding hydrogens is 285 g/mol. The fourth-order valence-electron chi connectivity index (χ4n) is 2.71. The Balaban J connectivity index is 1.62. The van der Waals surface area contributed by atoms with Gasteiger partial charge in [-0.25, -0.2) is 9.37 Å². The predicted molar refractivity (Wildman–Crippen MR) is 78.9 cm³/mol. The molecule has 1 aliphatic heterocycles. The Kier molecular flexibility index (Phi) is 4.09. The summed E-state index contributed by atoms with van der Waals surface area (Å²) in [5, 5.41) is 0. The largest absolute Gasteiger partial charge is 0.484 e. The van der Waals surface area contributed by atoms with Crippen molar-refractivity contribution in [3.8, 4) is 5.75 Å². The summed E-state index contributed by atoms with van der Waals surface area (Å²) >= 11 is 0. The number of benzene rings is 1. The van der Waals surface area contributed by atoms with Gasteiger partial charge < -0.3 is 14.6 Å². The molecule has 116 valence electrons. The SMILES string of the molecule is Cc1cnc(C2CCCN2C(=O)COc2ccc(F)cc2)[nH]1. The third-order valence-corrected chi connectivity index (χ3v) is 3.79. The Hall–Kier alpha value is -2.37. The first-order chi connectivity index (χ1) is 10.6. The van der Waals surface area contributed by atoms with E-state index in [1.807, 2.05) is 6.92 Å². The van der Waals surface area contributed by atoms with Crippen LogP contribution < -0.4 is 4.74 Å². The van der Waals surface area contributed by atoms with Gasteiger partial charge in [0.2, 0.25) is 0 Å². The number of aryl methyl sites for hydroxylation is 1. The van der Waals surface area contributed by atoms with Crippen molar-refractivity contribution in [2.45, 2.75) is 25.8 Å². The number of halogens is 1. The Morgan fingerprint density at radius 3 is 2.91 bits per heavy atom. The summed E-state index contributed by atoms with van der Waals surface area (Å²) < 4.78 is 18.3. The van der Waals surface area contributed by atoms with Crippen LogP contribution in [-0.2, 0) is 4.79 Å². The standard InChI is InChI=1S/C16H18FN3O2/c1-11-9-18-16(19-11)14-3-2-8-20(14)15(21)10-22-13-6-4-12(17)5-7-13/h4-7,9,14H,2-3,8,10H2,1H3,(H,18,19). The Labute approximate surface area is 128 Å². The van der Waals surface area contributed by atoms with E-state index in [1.54, 1.807) is 11.1 Å². The summed E-state index contributed by atoms with van der Waals surface area (Å²) in [5.41, 5.74) is 0.983. The second kappa shape index (κ2) is 6.17. The second-order valence-electron chi connectivity index (χ2n) is 5.44. The van der Waals surface area contributed by atoms with Crippen LogP contribution in [0.2, 0.25) is 0 Å². The smallest absolute Gasteiger partial charge is 0.261 e. The number of ether oxygens (including phenoxy) is 1. The molecule has 6 heteroatoms. The van der Waals surface area contributed by atoms with Crippen molar-refractivity contribution in [1.29, 1.82) is 0 Å². The number of imidazole rings is 1. The minimum atomic E-state index is -0.327. The van der Waals surface area contributed by atoms with E-state index in [0.29, 0.717) is 12.3 Å². The van der Waals surface area contributed by atoms with Crippen molar-refractivity contribution < 1.29 is 13.9 Å². The first-order valence-electron chi connectivity index (χ1n) is 7.33. The van der Waals surface area contributed by atoms with Gasteiger partial charge in [0.1, 0.15) is 17.4 Å². The molecule has 0 spiro atoms. The zero-order valence-electron chi connectivity index (χ0n) is 12.4. The lowest BCUT2D eigenvalue weighted by Gasteiger charge is -2.23. The average molecular weight is 303 g/mol.